The quantitative estimate of drug-likeness (QED) is 0.822. The van der Waals surface area contributed by atoms with Gasteiger partial charge in [0.2, 0.25) is 6.41 Å². The minimum Gasteiger partial charge on any atom is -0.388 e. The molecule has 5 nitrogen and oxygen atoms in total. The molecule has 1 atom stereocenters. The van der Waals surface area contributed by atoms with Crippen molar-refractivity contribution in [1.29, 1.82) is 0 Å². The standard InChI is InChI=1S/C19H19ClN2O3/c1-12-9-14(21-11-23)5-6-15(12)19(25)22-8-2-3-18(24)16-10-13(20)4-7-17(16)22/h4-7,9-11,18,24H,2-3,8H2,1H3,(H,21,23). The number of amides is 2. The van der Waals surface area contributed by atoms with E-state index >= 15 is 0 Å². The highest BCUT2D eigenvalue weighted by Crippen LogP contribution is 2.35. The molecule has 0 saturated heterocycles. The molecule has 25 heavy (non-hydrogen) atoms. The predicted octanol–water partition coefficient (Wildman–Crippen LogP) is 3.69. The van der Waals surface area contributed by atoms with Crippen LogP contribution in [0.1, 0.15) is 40.4 Å². The number of anilines is 2. The van der Waals surface area contributed by atoms with Crippen molar-refractivity contribution in [2.45, 2.75) is 25.9 Å². The first-order valence-electron chi connectivity index (χ1n) is 8.11. The molecule has 130 valence electrons. The van der Waals surface area contributed by atoms with Crippen molar-refractivity contribution >= 4 is 35.3 Å². The zero-order valence-corrected chi connectivity index (χ0v) is 14.6. The Bertz CT molecular complexity index is 822. The van der Waals surface area contributed by atoms with Crippen molar-refractivity contribution < 1.29 is 14.7 Å². The Kier molecular flexibility index (Phi) is 5.06. The minimum absolute atomic E-state index is 0.132. The molecule has 0 fully saturated rings. The summed E-state index contributed by atoms with van der Waals surface area (Å²) in [6.07, 6.45) is 1.25. The van der Waals surface area contributed by atoms with Crippen molar-refractivity contribution in [2.24, 2.45) is 0 Å². The number of rotatable bonds is 3. The van der Waals surface area contributed by atoms with Gasteiger partial charge in [-0.1, -0.05) is 11.6 Å². The van der Waals surface area contributed by atoms with Crippen LogP contribution in [0.15, 0.2) is 36.4 Å². The third-order valence-corrected chi connectivity index (χ3v) is 4.66. The Balaban J connectivity index is 2.00. The van der Waals surface area contributed by atoms with Gasteiger partial charge in [-0.05, 0) is 61.7 Å². The van der Waals surface area contributed by atoms with Crippen molar-refractivity contribution in [3.63, 3.8) is 0 Å². The van der Waals surface area contributed by atoms with Gasteiger partial charge in [0.15, 0.2) is 0 Å². The van der Waals surface area contributed by atoms with Crippen molar-refractivity contribution in [3.8, 4) is 0 Å². The topological polar surface area (TPSA) is 69.6 Å². The molecule has 0 radical (unpaired) electrons. The summed E-state index contributed by atoms with van der Waals surface area (Å²) in [5, 5.41) is 13.5. The molecular formula is C19H19ClN2O3. The van der Waals surface area contributed by atoms with Crippen LogP contribution in [0.25, 0.3) is 0 Å². The van der Waals surface area contributed by atoms with E-state index in [0.717, 1.165) is 5.56 Å². The lowest BCUT2D eigenvalue weighted by molar-refractivity contribution is -0.105. The van der Waals surface area contributed by atoms with Crippen LogP contribution >= 0.6 is 11.6 Å². The summed E-state index contributed by atoms with van der Waals surface area (Å²) in [5.41, 5.74) is 3.34. The second-order valence-corrected chi connectivity index (χ2v) is 6.55. The highest BCUT2D eigenvalue weighted by Gasteiger charge is 2.27. The molecule has 6 heteroatoms. The molecule has 1 aliphatic heterocycles. The fourth-order valence-corrected chi connectivity index (χ4v) is 3.36. The fraction of sp³-hybridized carbons (Fsp3) is 0.263. The van der Waals surface area contributed by atoms with Gasteiger partial charge in [0.05, 0.1) is 6.10 Å². The number of nitrogens with zero attached hydrogens (tertiary/aromatic N) is 1. The Morgan fingerprint density at radius 2 is 2.12 bits per heavy atom. The van der Waals surface area contributed by atoms with Crippen LogP contribution in [0.4, 0.5) is 11.4 Å². The summed E-state index contributed by atoms with van der Waals surface area (Å²) in [6, 6.07) is 10.4. The van der Waals surface area contributed by atoms with E-state index in [1.54, 1.807) is 41.3 Å². The van der Waals surface area contributed by atoms with E-state index in [9.17, 15) is 14.7 Å². The van der Waals surface area contributed by atoms with Crippen LogP contribution in [0.3, 0.4) is 0 Å². The third-order valence-electron chi connectivity index (χ3n) is 4.43. The Morgan fingerprint density at radius 3 is 2.84 bits per heavy atom. The molecule has 2 aromatic rings. The number of halogens is 1. The van der Waals surface area contributed by atoms with E-state index in [4.69, 9.17) is 11.6 Å². The fourth-order valence-electron chi connectivity index (χ4n) is 3.17. The van der Waals surface area contributed by atoms with Gasteiger partial charge in [0.25, 0.3) is 5.91 Å². The van der Waals surface area contributed by atoms with Gasteiger partial charge in [-0.3, -0.25) is 9.59 Å². The maximum atomic E-state index is 13.1. The van der Waals surface area contributed by atoms with Gasteiger partial charge in [-0.25, -0.2) is 0 Å². The minimum atomic E-state index is -0.633. The summed E-state index contributed by atoms with van der Waals surface area (Å²) >= 11 is 6.06. The average molecular weight is 359 g/mol. The summed E-state index contributed by atoms with van der Waals surface area (Å²) in [4.78, 5) is 25.4. The second-order valence-electron chi connectivity index (χ2n) is 6.11. The lowest BCUT2D eigenvalue weighted by Crippen LogP contribution is -2.32. The van der Waals surface area contributed by atoms with Crippen LogP contribution in [-0.4, -0.2) is 24.0 Å². The second kappa shape index (κ2) is 7.25. The number of hydrogen-bond acceptors (Lipinski definition) is 3. The SMILES string of the molecule is Cc1cc(NC=O)ccc1C(=O)N1CCCC(O)c2cc(Cl)ccc21. The van der Waals surface area contributed by atoms with Crippen LogP contribution in [0.5, 0.6) is 0 Å². The van der Waals surface area contributed by atoms with Crippen molar-refractivity contribution in [2.75, 3.05) is 16.8 Å². The normalized spacial score (nSPS) is 16.8. The average Bonchev–Trinajstić information content (AvgIpc) is 2.74. The number of fused-ring (bicyclic) bond motifs is 1. The highest BCUT2D eigenvalue weighted by molar-refractivity contribution is 6.30. The molecule has 0 saturated carbocycles. The van der Waals surface area contributed by atoms with Crippen LogP contribution < -0.4 is 10.2 Å². The van der Waals surface area contributed by atoms with E-state index in [1.807, 2.05) is 6.92 Å². The smallest absolute Gasteiger partial charge is 0.258 e. The highest BCUT2D eigenvalue weighted by atomic mass is 35.5. The van der Waals surface area contributed by atoms with Gasteiger partial charge in [0.1, 0.15) is 0 Å². The molecule has 0 aliphatic carbocycles. The number of hydrogen-bond donors (Lipinski definition) is 2. The summed E-state index contributed by atoms with van der Waals surface area (Å²) < 4.78 is 0. The Morgan fingerprint density at radius 1 is 1.32 bits per heavy atom. The zero-order chi connectivity index (χ0) is 18.0. The summed E-state index contributed by atoms with van der Waals surface area (Å²) in [7, 11) is 0. The van der Waals surface area contributed by atoms with E-state index in [-0.39, 0.29) is 5.91 Å². The molecule has 1 aliphatic rings. The van der Waals surface area contributed by atoms with Crippen LogP contribution in [0, 0.1) is 6.92 Å². The predicted molar refractivity (Wildman–Crippen MR) is 98.2 cm³/mol. The number of nitrogens with one attached hydrogen (secondary N) is 1. The number of aryl methyl sites for hydroxylation is 1. The monoisotopic (exact) mass is 358 g/mol. The number of aliphatic hydroxyl groups excluding tert-OH is 1. The van der Waals surface area contributed by atoms with Gasteiger partial charge in [-0.15, -0.1) is 0 Å². The molecule has 2 amide bonds. The lowest BCUT2D eigenvalue weighted by Gasteiger charge is -2.24. The third kappa shape index (κ3) is 3.52. The zero-order valence-electron chi connectivity index (χ0n) is 13.8. The molecule has 0 aromatic heterocycles. The largest absolute Gasteiger partial charge is 0.388 e. The first-order valence-corrected chi connectivity index (χ1v) is 8.49. The molecule has 1 unspecified atom stereocenters. The maximum Gasteiger partial charge on any atom is 0.258 e. The Hall–Kier alpha value is -2.37. The molecule has 0 bridgehead atoms. The molecule has 3 rings (SSSR count). The molecule has 0 spiro atoms. The Labute approximate surface area is 151 Å². The molecular weight excluding hydrogens is 340 g/mol. The number of carbonyl (C=O) groups excluding carboxylic acids is 2. The van der Waals surface area contributed by atoms with Gasteiger partial charge >= 0.3 is 0 Å². The molecule has 2 aromatic carbocycles. The van der Waals surface area contributed by atoms with Crippen molar-refractivity contribution in [1.82, 2.24) is 0 Å². The lowest BCUT2D eigenvalue weighted by atomic mass is 10.0. The van der Waals surface area contributed by atoms with Gasteiger partial charge < -0.3 is 15.3 Å². The first-order chi connectivity index (χ1) is 12.0. The van der Waals surface area contributed by atoms with Crippen molar-refractivity contribution in [3.05, 3.63) is 58.1 Å². The number of benzene rings is 2. The van der Waals surface area contributed by atoms with Gasteiger partial charge in [0, 0.05) is 34.1 Å². The van der Waals surface area contributed by atoms with Gasteiger partial charge in [-0.2, -0.15) is 0 Å². The first kappa shape index (κ1) is 17.5. The van der Waals surface area contributed by atoms with Crippen LogP contribution in [-0.2, 0) is 4.79 Å². The van der Waals surface area contributed by atoms with Crippen LogP contribution in [0.2, 0.25) is 5.02 Å². The maximum absolute atomic E-state index is 13.1. The summed E-state index contributed by atoms with van der Waals surface area (Å²) in [5.74, 6) is -0.132. The molecule has 1 heterocycles. The summed E-state index contributed by atoms with van der Waals surface area (Å²) in [6.45, 7) is 2.36. The van der Waals surface area contributed by atoms with E-state index in [2.05, 4.69) is 5.32 Å². The van der Waals surface area contributed by atoms with E-state index in [1.165, 1.54) is 0 Å². The molecule has 2 N–H and O–H groups in total. The van der Waals surface area contributed by atoms with E-state index < -0.39 is 6.10 Å². The number of aliphatic hydroxyl groups is 1. The van der Waals surface area contributed by atoms with E-state index in [0.29, 0.717) is 53.3 Å². The number of carbonyl (C=O) groups is 2.